The van der Waals surface area contributed by atoms with Gasteiger partial charge in [-0.3, -0.25) is 4.79 Å². The van der Waals surface area contributed by atoms with Crippen LogP contribution in [-0.2, 0) is 11.3 Å². The van der Waals surface area contributed by atoms with E-state index in [2.05, 4.69) is 9.97 Å². The van der Waals surface area contributed by atoms with Gasteiger partial charge in [0.05, 0.1) is 31.0 Å². The smallest absolute Gasteiger partial charge is 0.230 e. The minimum absolute atomic E-state index is 0.0347. The fourth-order valence-electron chi connectivity index (χ4n) is 2.82. The van der Waals surface area contributed by atoms with Crippen LogP contribution in [0.4, 0.5) is 0 Å². The van der Waals surface area contributed by atoms with Crippen LogP contribution in [0.25, 0.3) is 0 Å². The van der Waals surface area contributed by atoms with Crippen molar-refractivity contribution in [3.63, 3.8) is 0 Å². The van der Waals surface area contributed by atoms with Gasteiger partial charge in [-0.1, -0.05) is 44.2 Å². The van der Waals surface area contributed by atoms with E-state index in [-0.39, 0.29) is 24.3 Å². The monoisotopic (exact) mass is 315 g/mol. The molecule has 0 aliphatic carbocycles. The molecule has 2 N–H and O–H groups in total. The number of amides is 1. The summed E-state index contributed by atoms with van der Waals surface area (Å²) in [5.41, 5.74) is 1.89. The molecule has 2 rings (SSSR count). The lowest BCUT2D eigenvalue weighted by Crippen LogP contribution is -2.38. The summed E-state index contributed by atoms with van der Waals surface area (Å²) in [6.45, 7) is 6.66. The second-order valence-electron chi connectivity index (χ2n) is 6.11. The van der Waals surface area contributed by atoms with E-state index in [1.165, 1.54) is 0 Å². The molecule has 23 heavy (non-hydrogen) atoms. The molecular weight excluding hydrogens is 290 g/mol. The summed E-state index contributed by atoms with van der Waals surface area (Å²) in [4.78, 5) is 22.1. The van der Waals surface area contributed by atoms with Crippen LogP contribution in [-0.4, -0.2) is 39.0 Å². The van der Waals surface area contributed by atoms with Crippen molar-refractivity contribution in [2.75, 3.05) is 13.2 Å². The molecule has 0 bridgehead atoms. The number of aliphatic hydroxyl groups excluding tert-OH is 1. The van der Waals surface area contributed by atoms with E-state index in [0.29, 0.717) is 13.1 Å². The summed E-state index contributed by atoms with van der Waals surface area (Å²) >= 11 is 0. The van der Waals surface area contributed by atoms with Crippen molar-refractivity contribution in [1.29, 1.82) is 0 Å². The highest BCUT2D eigenvalue weighted by atomic mass is 16.3. The number of benzene rings is 1. The predicted octanol–water partition coefficient (Wildman–Crippen LogP) is 2.48. The van der Waals surface area contributed by atoms with E-state index < -0.39 is 0 Å². The number of nitrogens with zero attached hydrogens (tertiary/aromatic N) is 2. The molecule has 5 heteroatoms. The van der Waals surface area contributed by atoms with Crippen LogP contribution >= 0.6 is 0 Å². The molecule has 1 amide bonds. The number of imidazole rings is 1. The van der Waals surface area contributed by atoms with Crippen LogP contribution < -0.4 is 0 Å². The first-order chi connectivity index (χ1) is 11.0. The third-order valence-corrected chi connectivity index (χ3v) is 3.89. The highest BCUT2D eigenvalue weighted by Crippen LogP contribution is 2.27. The highest BCUT2D eigenvalue weighted by molar-refractivity contribution is 5.84. The second-order valence-corrected chi connectivity index (χ2v) is 6.11. The fourth-order valence-corrected chi connectivity index (χ4v) is 2.82. The van der Waals surface area contributed by atoms with Gasteiger partial charge in [0.15, 0.2) is 0 Å². The zero-order chi connectivity index (χ0) is 16.8. The summed E-state index contributed by atoms with van der Waals surface area (Å²) in [7, 11) is 0. The summed E-state index contributed by atoms with van der Waals surface area (Å²) in [6.07, 6.45) is 1.74. The van der Waals surface area contributed by atoms with Crippen molar-refractivity contribution >= 4 is 5.91 Å². The van der Waals surface area contributed by atoms with Crippen LogP contribution in [0.2, 0.25) is 0 Å². The molecule has 0 fully saturated rings. The highest BCUT2D eigenvalue weighted by Gasteiger charge is 2.28. The van der Waals surface area contributed by atoms with Crippen molar-refractivity contribution in [2.45, 2.75) is 33.2 Å². The molecule has 2 aromatic rings. The topological polar surface area (TPSA) is 69.2 Å². The zero-order valence-electron chi connectivity index (χ0n) is 14.0. The number of aryl methyl sites for hydroxylation is 1. The van der Waals surface area contributed by atoms with E-state index in [4.69, 9.17) is 0 Å². The maximum absolute atomic E-state index is 13.1. The molecule has 5 nitrogen and oxygen atoms in total. The van der Waals surface area contributed by atoms with E-state index >= 15 is 0 Å². The third kappa shape index (κ3) is 4.42. The summed E-state index contributed by atoms with van der Waals surface area (Å²) < 4.78 is 0. The summed E-state index contributed by atoms with van der Waals surface area (Å²) in [6, 6.07) is 9.82. The quantitative estimate of drug-likeness (QED) is 0.825. The van der Waals surface area contributed by atoms with E-state index in [0.717, 1.165) is 17.1 Å². The van der Waals surface area contributed by atoms with Crippen LogP contribution in [0.3, 0.4) is 0 Å². The SMILES string of the molecule is Cc1ncc(CN(CCO)C(=O)C(c2ccccc2)C(C)C)[nH]1. The number of aromatic nitrogens is 2. The molecule has 0 spiro atoms. The lowest BCUT2D eigenvalue weighted by Gasteiger charge is -2.29. The number of aromatic amines is 1. The minimum Gasteiger partial charge on any atom is -0.395 e. The van der Waals surface area contributed by atoms with Gasteiger partial charge < -0.3 is 15.0 Å². The summed E-state index contributed by atoms with van der Waals surface area (Å²) in [5.74, 6) is 0.814. The first-order valence-electron chi connectivity index (χ1n) is 7.98. The zero-order valence-corrected chi connectivity index (χ0v) is 14.0. The van der Waals surface area contributed by atoms with Crippen molar-refractivity contribution < 1.29 is 9.90 Å². The molecule has 1 aromatic carbocycles. The molecule has 1 aromatic heterocycles. The number of aliphatic hydroxyl groups is 1. The van der Waals surface area contributed by atoms with Gasteiger partial charge in [0.25, 0.3) is 0 Å². The maximum Gasteiger partial charge on any atom is 0.230 e. The Morgan fingerprint density at radius 1 is 1.30 bits per heavy atom. The minimum atomic E-state index is -0.216. The van der Waals surface area contributed by atoms with Gasteiger partial charge in [-0.25, -0.2) is 4.98 Å². The number of rotatable bonds is 7. The largest absolute Gasteiger partial charge is 0.395 e. The Bertz CT molecular complexity index is 622. The van der Waals surface area contributed by atoms with Crippen molar-refractivity contribution in [2.24, 2.45) is 5.92 Å². The maximum atomic E-state index is 13.1. The van der Waals surface area contributed by atoms with Crippen molar-refractivity contribution in [1.82, 2.24) is 14.9 Å². The molecule has 1 unspecified atom stereocenters. The Hall–Kier alpha value is -2.14. The fraction of sp³-hybridized carbons (Fsp3) is 0.444. The summed E-state index contributed by atoms with van der Waals surface area (Å²) in [5, 5.41) is 9.34. The molecule has 0 saturated heterocycles. The average molecular weight is 315 g/mol. The first-order valence-corrected chi connectivity index (χ1v) is 7.98. The number of H-pyrrole nitrogens is 1. The molecule has 0 aliphatic rings. The van der Waals surface area contributed by atoms with Crippen LogP contribution in [0.15, 0.2) is 36.5 Å². The lowest BCUT2D eigenvalue weighted by atomic mass is 9.87. The average Bonchev–Trinajstić information content (AvgIpc) is 2.93. The van der Waals surface area contributed by atoms with E-state index in [1.54, 1.807) is 11.1 Å². The van der Waals surface area contributed by atoms with Gasteiger partial charge >= 0.3 is 0 Å². The van der Waals surface area contributed by atoms with Gasteiger partial charge in [-0.2, -0.15) is 0 Å². The predicted molar refractivity (Wildman–Crippen MR) is 89.8 cm³/mol. The first kappa shape index (κ1) is 17.2. The van der Waals surface area contributed by atoms with E-state index in [1.807, 2.05) is 51.1 Å². The lowest BCUT2D eigenvalue weighted by molar-refractivity contribution is -0.135. The van der Waals surface area contributed by atoms with Crippen LogP contribution in [0.5, 0.6) is 0 Å². The van der Waals surface area contributed by atoms with Gasteiger partial charge in [-0.05, 0) is 18.4 Å². The number of carbonyl (C=O) groups excluding carboxylic acids is 1. The molecule has 0 saturated carbocycles. The standard InChI is InChI=1S/C18H25N3O2/c1-13(2)17(15-7-5-4-6-8-15)18(23)21(9-10-22)12-16-11-19-14(3)20-16/h4-8,11,13,17,22H,9-10,12H2,1-3H3,(H,19,20). The molecule has 124 valence electrons. The number of nitrogens with one attached hydrogen (secondary N) is 1. The van der Waals surface area contributed by atoms with Gasteiger partial charge in [0.1, 0.15) is 5.82 Å². The Morgan fingerprint density at radius 2 is 2.00 bits per heavy atom. The van der Waals surface area contributed by atoms with E-state index in [9.17, 15) is 9.90 Å². The molecule has 1 atom stereocenters. The molecule has 0 radical (unpaired) electrons. The second kappa shape index (κ2) is 7.92. The molecule has 1 heterocycles. The molecule has 0 aliphatic heterocycles. The molecular formula is C18H25N3O2. The normalized spacial score (nSPS) is 12.4. The number of hydrogen-bond acceptors (Lipinski definition) is 3. The van der Waals surface area contributed by atoms with Gasteiger partial charge in [0, 0.05) is 6.54 Å². The van der Waals surface area contributed by atoms with Crippen LogP contribution in [0.1, 0.15) is 36.8 Å². The number of hydrogen-bond donors (Lipinski definition) is 2. The third-order valence-electron chi connectivity index (χ3n) is 3.89. The Kier molecular flexibility index (Phi) is 5.93. The number of carbonyl (C=O) groups is 1. The van der Waals surface area contributed by atoms with Gasteiger partial charge in [-0.15, -0.1) is 0 Å². The van der Waals surface area contributed by atoms with Gasteiger partial charge in [0.2, 0.25) is 5.91 Å². The van der Waals surface area contributed by atoms with Crippen molar-refractivity contribution in [3.8, 4) is 0 Å². The Labute approximate surface area is 137 Å². The van der Waals surface area contributed by atoms with Crippen molar-refractivity contribution in [3.05, 3.63) is 53.6 Å². The van der Waals surface area contributed by atoms with Crippen LogP contribution in [0, 0.1) is 12.8 Å². The Balaban J connectivity index is 2.23. The Morgan fingerprint density at radius 3 is 2.52 bits per heavy atom.